The number of nitrogens with zero attached hydrogens (tertiary/aromatic N) is 2. The fourth-order valence-electron chi connectivity index (χ4n) is 4.09. The van der Waals surface area contributed by atoms with Gasteiger partial charge < -0.3 is 10.1 Å². The molecule has 3 heterocycles. The number of nitrogens with one attached hydrogen (secondary N) is 2. The highest BCUT2D eigenvalue weighted by Gasteiger charge is 2.20. The van der Waals surface area contributed by atoms with E-state index in [1.165, 1.54) is 18.1 Å². The highest BCUT2D eigenvalue weighted by atomic mass is 16.8. The van der Waals surface area contributed by atoms with Crippen LogP contribution in [0.4, 0.5) is 5.82 Å². The summed E-state index contributed by atoms with van der Waals surface area (Å²) in [6.45, 7) is 3.79. The van der Waals surface area contributed by atoms with Crippen molar-refractivity contribution in [2.75, 3.05) is 25.0 Å². The lowest BCUT2D eigenvalue weighted by Gasteiger charge is -2.33. The first-order chi connectivity index (χ1) is 15.7. The number of hydrogen-bond donors (Lipinski definition) is 2. The summed E-state index contributed by atoms with van der Waals surface area (Å²) in [5.74, 6) is 0.540. The van der Waals surface area contributed by atoms with E-state index in [2.05, 4.69) is 51.0 Å². The molecule has 32 heavy (non-hydrogen) atoms. The maximum atomic E-state index is 11.9. The van der Waals surface area contributed by atoms with Gasteiger partial charge in [0.15, 0.2) is 6.29 Å². The van der Waals surface area contributed by atoms with Gasteiger partial charge in [0.05, 0.1) is 0 Å². The molecule has 0 radical (unpaired) electrons. The van der Waals surface area contributed by atoms with E-state index < -0.39 is 0 Å². The van der Waals surface area contributed by atoms with Crippen molar-refractivity contribution in [1.29, 1.82) is 0 Å². The molecule has 1 unspecified atom stereocenters. The summed E-state index contributed by atoms with van der Waals surface area (Å²) in [4.78, 5) is 24.2. The van der Waals surface area contributed by atoms with Crippen molar-refractivity contribution in [3.05, 3.63) is 65.9 Å². The number of anilines is 1. The molecule has 4 rings (SSSR count). The Kier molecular flexibility index (Phi) is 8.25. The van der Waals surface area contributed by atoms with E-state index in [4.69, 9.17) is 9.57 Å². The first-order valence-corrected chi connectivity index (χ1v) is 11.5. The number of rotatable bonds is 8. The van der Waals surface area contributed by atoms with Crippen molar-refractivity contribution in [2.45, 2.75) is 51.0 Å². The molecule has 2 atom stereocenters. The molecule has 2 N–H and O–H groups in total. The van der Waals surface area contributed by atoms with E-state index in [0.717, 1.165) is 56.7 Å². The van der Waals surface area contributed by atoms with Gasteiger partial charge in [-0.1, -0.05) is 30.3 Å². The molecule has 0 bridgehead atoms. The number of hydrogen-bond acceptors (Lipinski definition) is 6. The minimum Gasteiger partial charge on any atom is -0.366 e. The summed E-state index contributed by atoms with van der Waals surface area (Å²) in [5, 5.41) is 3.56. The van der Waals surface area contributed by atoms with Crippen LogP contribution in [0.25, 0.3) is 6.08 Å². The van der Waals surface area contributed by atoms with E-state index in [0.29, 0.717) is 12.6 Å². The topological polar surface area (TPSA) is 75.7 Å². The van der Waals surface area contributed by atoms with Gasteiger partial charge in [-0.2, -0.15) is 0 Å². The number of likely N-dealkylation sites (tertiary alicyclic amines) is 1. The zero-order valence-electron chi connectivity index (χ0n) is 18.4. The van der Waals surface area contributed by atoms with Crippen LogP contribution in [0.1, 0.15) is 43.2 Å². The van der Waals surface area contributed by atoms with E-state index in [-0.39, 0.29) is 12.2 Å². The van der Waals surface area contributed by atoms with Crippen molar-refractivity contribution >= 4 is 17.8 Å². The van der Waals surface area contributed by atoms with E-state index in [1.54, 1.807) is 12.3 Å². The van der Waals surface area contributed by atoms with Crippen LogP contribution in [-0.2, 0) is 20.9 Å². The third-order valence-corrected chi connectivity index (χ3v) is 5.75. The van der Waals surface area contributed by atoms with Gasteiger partial charge in [-0.3, -0.25) is 9.69 Å². The summed E-state index contributed by atoms with van der Waals surface area (Å²) in [7, 11) is 0. The number of carbonyl (C=O) groups excluding carboxylic acids is 1. The average Bonchev–Trinajstić information content (AvgIpc) is 2.84. The third kappa shape index (κ3) is 7.15. The first-order valence-electron chi connectivity index (χ1n) is 11.5. The molecule has 170 valence electrons. The van der Waals surface area contributed by atoms with Crippen LogP contribution in [0.2, 0.25) is 0 Å². The molecule has 1 aromatic heterocycles. The molecule has 2 fully saturated rings. The Bertz CT molecular complexity index is 867. The number of carbonyl (C=O) groups is 1. The molecule has 7 heteroatoms. The normalized spacial score (nSPS) is 22.0. The van der Waals surface area contributed by atoms with Crippen molar-refractivity contribution in [3.8, 4) is 0 Å². The maximum absolute atomic E-state index is 11.9. The number of amides is 1. The summed E-state index contributed by atoms with van der Waals surface area (Å²) < 4.78 is 5.42. The molecule has 0 saturated carbocycles. The van der Waals surface area contributed by atoms with Gasteiger partial charge in [0.1, 0.15) is 5.82 Å². The molecule has 7 nitrogen and oxygen atoms in total. The van der Waals surface area contributed by atoms with Gasteiger partial charge in [0.2, 0.25) is 0 Å². The zero-order chi connectivity index (χ0) is 22.0. The zero-order valence-corrected chi connectivity index (χ0v) is 18.4. The summed E-state index contributed by atoms with van der Waals surface area (Å²) in [5.41, 5.74) is 4.63. The monoisotopic (exact) mass is 436 g/mol. The maximum Gasteiger partial charge on any atom is 0.267 e. The van der Waals surface area contributed by atoms with Gasteiger partial charge in [0.25, 0.3) is 5.91 Å². The van der Waals surface area contributed by atoms with Gasteiger partial charge in [0, 0.05) is 44.4 Å². The molecule has 1 aromatic carbocycles. The number of pyridine rings is 1. The third-order valence-electron chi connectivity index (χ3n) is 5.75. The van der Waals surface area contributed by atoms with Crippen molar-refractivity contribution in [2.24, 2.45) is 0 Å². The molecule has 2 aliphatic heterocycles. The Balaban J connectivity index is 1.21. The number of hydroxylamine groups is 1. The van der Waals surface area contributed by atoms with Crippen LogP contribution in [0, 0.1) is 0 Å². The fraction of sp³-hybridized carbons (Fsp3) is 0.440. The Morgan fingerprint density at radius 1 is 1.16 bits per heavy atom. The molecule has 2 aliphatic rings. The van der Waals surface area contributed by atoms with Gasteiger partial charge in [-0.15, -0.1) is 0 Å². The van der Waals surface area contributed by atoms with Crippen LogP contribution in [0.5, 0.6) is 0 Å². The molecule has 0 aliphatic carbocycles. The quantitative estimate of drug-likeness (QED) is 0.485. The van der Waals surface area contributed by atoms with Crippen LogP contribution >= 0.6 is 0 Å². The lowest BCUT2D eigenvalue weighted by atomic mass is 10.0. The fourth-order valence-corrected chi connectivity index (χ4v) is 4.09. The van der Waals surface area contributed by atoms with E-state index in [1.807, 2.05) is 12.1 Å². The first kappa shape index (κ1) is 22.5. The van der Waals surface area contributed by atoms with Crippen LogP contribution in [0.15, 0.2) is 54.7 Å². The number of ether oxygens (including phenoxy) is 1. The summed E-state index contributed by atoms with van der Waals surface area (Å²) in [6, 6.07) is 14.9. The second kappa shape index (κ2) is 11.8. The van der Waals surface area contributed by atoms with Crippen molar-refractivity contribution < 1.29 is 14.4 Å². The van der Waals surface area contributed by atoms with E-state index in [9.17, 15) is 4.79 Å². The van der Waals surface area contributed by atoms with E-state index >= 15 is 0 Å². The van der Waals surface area contributed by atoms with Crippen LogP contribution in [-0.4, -0.2) is 47.8 Å². The van der Waals surface area contributed by atoms with Crippen LogP contribution in [0.3, 0.4) is 0 Å². The lowest BCUT2D eigenvalue weighted by molar-refractivity contribution is -0.198. The highest BCUT2D eigenvalue weighted by molar-refractivity contribution is 5.90. The molecule has 2 aromatic rings. The van der Waals surface area contributed by atoms with Crippen LogP contribution < -0.4 is 10.8 Å². The molecule has 0 spiro atoms. The molecular weight excluding hydrogens is 404 g/mol. The minimum absolute atomic E-state index is 0.318. The number of piperidine rings is 1. The minimum atomic E-state index is -0.350. The van der Waals surface area contributed by atoms with Crippen molar-refractivity contribution in [1.82, 2.24) is 15.4 Å². The smallest absolute Gasteiger partial charge is 0.267 e. The Morgan fingerprint density at radius 3 is 2.84 bits per heavy atom. The Hall–Kier alpha value is -2.74. The molecule has 2 saturated heterocycles. The largest absolute Gasteiger partial charge is 0.366 e. The average molecular weight is 437 g/mol. The number of benzene rings is 1. The summed E-state index contributed by atoms with van der Waals surface area (Å²) in [6.07, 6.45) is 9.78. The van der Waals surface area contributed by atoms with Gasteiger partial charge in [-0.05, 0) is 61.6 Å². The second-order valence-corrected chi connectivity index (χ2v) is 8.39. The highest BCUT2D eigenvalue weighted by Crippen LogP contribution is 2.17. The van der Waals surface area contributed by atoms with Crippen molar-refractivity contribution in [3.63, 3.8) is 0 Å². The standard InChI is InChI=1S/C25H32N4O3/c30-24(28-32-25-10-4-5-16-31-25)14-12-20-11-13-23(26-17-20)27-22-9-6-15-29(19-22)18-21-7-2-1-3-8-21/h1-3,7-8,11-14,17,22,25H,4-6,9-10,15-16,18-19H2,(H,26,27)(H,28,30)/t22-,25?/m1/s1. The molecule has 1 amide bonds. The SMILES string of the molecule is O=C(C=Cc1ccc(N[C@@H]2CCCN(Cc3ccccc3)C2)nc1)NOC1CCCCO1. The Morgan fingerprint density at radius 2 is 2.06 bits per heavy atom. The Labute approximate surface area is 189 Å². The second-order valence-electron chi connectivity index (χ2n) is 8.39. The predicted molar refractivity (Wildman–Crippen MR) is 124 cm³/mol. The predicted octanol–water partition coefficient (Wildman–Crippen LogP) is 3.75. The van der Waals surface area contributed by atoms with Gasteiger partial charge >= 0.3 is 0 Å². The lowest BCUT2D eigenvalue weighted by Crippen LogP contribution is -2.41. The molecular formula is C25H32N4O3. The van der Waals surface area contributed by atoms with Gasteiger partial charge in [-0.25, -0.2) is 15.3 Å². The summed E-state index contributed by atoms with van der Waals surface area (Å²) >= 11 is 0. The number of aromatic nitrogens is 1.